The molecule has 1 N–H and O–H groups in total. The van der Waals surface area contributed by atoms with Gasteiger partial charge in [-0.05, 0) is 39.7 Å². The van der Waals surface area contributed by atoms with Crippen molar-refractivity contribution in [2.45, 2.75) is 57.6 Å². The van der Waals surface area contributed by atoms with Crippen LogP contribution in [0.1, 0.15) is 46.0 Å². The van der Waals surface area contributed by atoms with Gasteiger partial charge in [0.1, 0.15) is 5.54 Å². The van der Waals surface area contributed by atoms with E-state index in [9.17, 15) is 4.79 Å². The standard InChI is InChI=1S/C14H27NO3/c1-11(18-10-12-7-5-6-8-12)9-14(2,15-3)13(16)17-4/h11-12,15H,5-10H2,1-4H3. The molecule has 0 bridgehead atoms. The Hall–Kier alpha value is -0.610. The number of likely N-dealkylation sites (N-methyl/N-ethyl adjacent to an activating group) is 1. The van der Waals surface area contributed by atoms with Gasteiger partial charge in [0, 0.05) is 13.0 Å². The molecule has 0 heterocycles. The lowest BCUT2D eigenvalue weighted by molar-refractivity contribution is -0.149. The van der Waals surface area contributed by atoms with Gasteiger partial charge in [-0.15, -0.1) is 0 Å². The second kappa shape index (κ2) is 7.10. The van der Waals surface area contributed by atoms with Crippen LogP contribution in [0.5, 0.6) is 0 Å². The van der Waals surface area contributed by atoms with Gasteiger partial charge in [0.2, 0.25) is 0 Å². The number of carbonyl (C=O) groups excluding carboxylic acids is 1. The lowest BCUT2D eigenvalue weighted by Crippen LogP contribution is -2.50. The zero-order valence-electron chi connectivity index (χ0n) is 12.1. The van der Waals surface area contributed by atoms with Crippen LogP contribution >= 0.6 is 0 Å². The predicted octanol–water partition coefficient (Wildman–Crippen LogP) is 2.12. The molecule has 1 fully saturated rings. The lowest BCUT2D eigenvalue weighted by Gasteiger charge is -2.29. The Morgan fingerprint density at radius 3 is 2.56 bits per heavy atom. The number of carbonyl (C=O) groups is 1. The third-order valence-electron chi connectivity index (χ3n) is 3.97. The molecule has 0 saturated heterocycles. The minimum Gasteiger partial charge on any atom is -0.468 e. The highest BCUT2D eigenvalue weighted by Crippen LogP contribution is 2.26. The summed E-state index contributed by atoms with van der Waals surface area (Å²) in [5.74, 6) is 0.479. The maximum absolute atomic E-state index is 11.7. The Morgan fingerprint density at radius 1 is 1.44 bits per heavy atom. The first-order valence-corrected chi connectivity index (χ1v) is 6.90. The zero-order chi connectivity index (χ0) is 13.6. The maximum atomic E-state index is 11.7. The number of methoxy groups -OCH3 is 1. The summed E-state index contributed by atoms with van der Waals surface area (Å²) in [6, 6.07) is 0. The smallest absolute Gasteiger partial charge is 0.325 e. The van der Waals surface area contributed by atoms with Crippen LogP contribution in [0.2, 0.25) is 0 Å². The summed E-state index contributed by atoms with van der Waals surface area (Å²) in [6.45, 7) is 4.70. The molecule has 1 rings (SSSR count). The summed E-state index contributed by atoms with van der Waals surface area (Å²) in [6.07, 6.45) is 5.92. The summed E-state index contributed by atoms with van der Waals surface area (Å²) in [5, 5.41) is 3.03. The Labute approximate surface area is 110 Å². The van der Waals surface area contributed by atoms with Gasteiger partial charge in [-0.1, -0.05) is 12.8 Å². The molecular weight excluding hydrogens is 230 g/mol. The van der Waals surface area contributed by atoms with Crippen molar-refractivity contribution >= 4 is 5.97 Å². The normalized spacial score (nSPS) is 21.6. The summed E-state index contributed by atoms with van der Waals surface area (Å²) in [5.41, 5.74) is -0.663. The SMILES string of the molecule is CNC(C)(CC(C)OCC1CCCC1)C(=O)OC. The van der Waals surface area contributed by atoms with Crippen molar-refractivity contribution in [3.63, 3.8) is 0 Å². The Balaban J connectivity index is 2.36. The zero-order valence-corrected chi connectivity index (χ0v) is 12.1. The highest BCUT2D eigenvalue weighted by atomic mass is 16.5. The van der Waals surface area contributed by atoms with Crippen LogP contribution in [-0.2, 0) is 14.3 Å². The van der Waals surface area contributed by atoms with E-state index < -0.39 is 5.54 Å². The predicted molar refractivity (Wildman–Crippen MR) is 71.5 cm³/mol. The molecule has 1 saturated carbocycles. The van der Waals surface area contributed by atoms with E-state index in [1.54, 1.807) is 7.05 Å². The van der Waals surface area contributed by atoms with Crippen LogP contribution in [0.4, 0.5) is 0 Å². The molecule has 106 valence electrons. The largest absolute Gasteiger partial charge is 0.468 e. The fraction of sp³-hybridized carbons (Fsp3) is 0.929. The van der Waals surface area contributed by atoms with Crippen molar-refractivity contribution in [1.82, 2.24) is 5.32 Å². The fourth-order valence-corrected chi connectivity index (χ4v) is 2.62. The third kappa shape index (κ3) is 4.25. The lowest BCUT2D eigenvalue weighted by atomic mass is 9.95. The van der Waals surface area contributed by atoms with E-state index >= 15 is 0 Å². The van der Waals surface area contributed by atoms with Gasteiger partial charge >= 0.3 is 5.97 Å². The third-order valence-corrected chi connectivity index (χ3v) is 3.97. The minimum absolute atomic E-state index is 0.0575. The summed E-state index contributed by atoms with van der Waals surface area (Å²) >= 11 is 0. The molecular formula is C14H27NO3. The van der Waals surface area contributed by atoms with Gasteiger partial charge in [0.25, 0.3) is 0 Å². The quantitative estimate of drug-likeness (QED) is 0.710. The van der Waals surface area contributed by atoms with E-state index in [2.05, 4.69) is 5.32 Å². The Kier molecular flexibility index (Phi) is 6.09. The number of esters is 1. The van der Waals surface area contributed by atoms with Crippen LogP contribution in [0.3, 0.4) is 0 Å². The van der Waals surface area contributed by atoms with Gasteiger partial charge in [-0.2, -0.15) is 0 Å². The molecule has 0 radical (unpaired) electrons. The molecule has 0 aromatic heterocycles. The van der Waals surface area contributed by atoms with Gasteiger partial charge in [0.05, 0.1) is 13.2 Å². The van der Waals surface area contributed by atoms with E-state index in [0.717, 1.165) is 6.61 Å². The highest BCUT2D eigenvalue weighted by Gasteiger charge is 2.34. The molecule has 0 aromatic rings. The second-order valence-corrected chi connectivity index (χ2v) is 5.57. The van der Waals surface area contributed by atoms with E-state index in [4.69, 9.17) is 9.47 Å². The topological polar surface area (TPSA) is 47.6 Å². The molecule has 0 amide bonds. The van der Waals surface area contributed by atoms with Crippen molar-refractivity contribution in [1.29, 1.82) is 0 Å². The first kappa shape index (κ1) is 15.4. The Bertz CT molecular complexity index is 264. The molecule has 4 nitrogen and oxygen atoms in total. The highest BCUT2D eigenvalue weighted by molar-refractivity contribution is 5.80. The summed E-state index contributed by atoms with van der Waals surface area (Å²) < 4.78 is 10.7. The van der Waals surface area contributed by atoms with Crippen molar-refractivity contribution < 1.29 is 14.3 Å². The van der Waals surface area contributed by atoms with Crippen LogP contribution in [0, 0.1) is 5.92 Å². The number of rotatable bonds is 7. The monoisotopic (exact) mass is 257 g/mol. The van der Waals surface area contributed by atoms with Gasteiger partial charge in [-0.25, -0.2) is 0 Å². The molecule has 0 spiro atoms. The molecule has 0 aliphatic heterocycles. The number of ether oxygens (including phenoxy) is 2. The number of nitrogens with one attached hydrogen (secondary N) is 1. The molecule has 18 heavy (non-hydrogen) atoms. The van der Waals surface area contributed by atoms with Crippen molar-refractivity contribution in [2.75, 3.05) is 20.8 Å². The van der Waals surface area contributed by atoms with Crippen molar-refractivity contribution in [3.8, 4) is 0 Å². The second-order valence-electron chi connectivity index (χ2n) is 5.57. The van der Waals surface area contributed by atoms with E-state index in [0.29, 0.717) is 12.3 Å². The molecule has 2 atom stereocenters. The fourth-order valence-electron chi connectivity index (χ4n) is 2.62. The van der Waals surface area contributed by atoms with Crippen molar-refractivity contribution in [3.05, 3.63) is 0 Å². The molecule has 0 aromatic carbocycles. The average molecular weight is 257 g/mol. The first-order valence-electron chi connectivity index (χ1n) is 6.90. The minimum atomic E-state index is -0.663. The van der Waals surface area contributed by atoms with Crippen molar-refractivity contribution in [2.24, 2.45) is 5.92 Å². The summed E-state index contributed by atoms with van der Waals surface area (Å²) in [7, 11) is 3.20. The molecule has 4 heteroatoms. The molecule has 1 aliphatic rings. The number of hydrogen-bond acceptors (Lipinski definition) is 4. The van der Waals surface area contributed by atoms with Crippen LogP contribution in [0.25, 0.3) is 0 Å². The molecule has 1 aliphatic carbocycles. The Morgan fingerprint density at radius 2 is 2.06 bits per heavy atom. The first-order chi connectivity index (χ1) is 8.51. The van der Waals surface area contributed by atoms with Gasteiger partial charge in [0.15, 0.2) is 0 Å². The van der Waals surface area contributed by atoms with Crippen LogP contribution < -0.4 is 5.32 Å². The van der Waals surface area contributed by atoms with E-state index in [1.165, 1.54) is 32.8 Å². The molecule has 2 unspecified atom stereocenters. The van der Waals surface area contributed by atoms with E-state index in [1.807, 2.05) is 13.8 Å². The van der Waals surface area contributed by atoms with Crippen LogP contribution in [0.15, 0.2) is 0 Å². The number of hydrogen-bond donors (Lipinski definition) is 1. The average Bonchev–Trinajstić information content (AvgIpc) is 2.88. The summed E-state index contributed by atoms with van der Waals surface area (Å²) in [4.78, 5) is 11.7. The maximum Gasteiger partial charge on any atom is 0.325 e. The van der Waals surface area contributed by atoms with E-state index in [-0.39, 0.29) is 12.1 Å². The van der Waals surface area contributed by atoms with Gasteiger partial charge < -0.3 is 14.8 Å². The van der Waals surface area contributed by atoms with Gasteiger partial charge in [-0.3, -0.25) is 4.79 Å². The van der Waals surface area contributed by atoms with Crippen LogP contribution in [-0.4, -0.2) is 38.4 Å².